The van der Waals surface area contributed by atoms with E-state index in [-0.39, 0.29) is 24.7 Å². The van der Waals surface area contributed by atoms with E-state index < -0.39 is 5.82 Å². The fourth-order valence-electron chi connectivity index (χ4n) is 1.51. The molecule has 0 saturated heterocycles. The van der Waals surface area contributed by atoms with Crippen LogP contribution in [0.1, 0.15) is 12.0 Å². The topological polar surface area (TPSA) is 41.6 Å². The van der Waals surface area contributed by atoms with E-state index in [4.69, 9.17) is 4.74 Å². The molecular weight excluding hydrogens is 235 g/mol. The van der Waals surface area contributed by atoms with E-state index in [1.54, 1.807) is 33.3 Å². The number of carbonyl (C=O) groups excluding carboxylic acids is 1. The van der Waals surface area contributed by atoms with E-state index in [9.17, 15) is 9.18 Å². The molecule has 0 spiro atoms. The Balaban J connectivity index is 2.63. The lowest BCUT2D eigenvalue weighted by Gasteiger charge is -2.13. The molecule has 0 fully saturated rings. The van der Waals surface area contributed by atoms with Crippen molar-refractivity contribution in [1.29, 1.82) is 0 Å². The molecule has 0 unspecified atom stereocenters. The first-order valence-corrected chi connectivity index (χ1v) is 5.81. The van der Waals surface area contributed by atoms with Crippen LogP contribution in [-0.4, -0.2) is 38.6 Å². The highest BCUT2D eigenvalue weighted by molar-refractivity contribution is 5.75. The van der Waals surface area contributed by atoms with Crippen LogP contribution in [0.5, 0.6) is 5.75 Å². The molecular formula is C13H19FN2O2. The van der Waals surface area contributed by atoms with Crippen LogP contribution in [0.25, 0.3) is 0 Å². The lowest BCUT2D eigenvalue weighted by atomic mass is 10.2. The van der Waals surface area contributed by atoms with Gasteiger partial charge in [-0.15, -0.1) is 0 Å². The van der Waals surface area contributed by atoms with Gasteiger partial charge in [-0.05, 0) is 13.1 Å². The van der Waals surface area contributed by atoms with Crippen LogP contribution < -0.4 is 10.1 Å². The van der Waals surface area contributed by atoms with Crippen molar-refractivity contribution in [3.8, 4) is 5.75 Å². The SMILES string of the molecule is CNCc1cccc(F)c1OCCC(=O)N(C)C. The summed E-state index contributed by atoms with van der Waals surface area (Å²) >= 11 is 0. The molecule has 1 N–H and O–H groups in total. The van der Waals surface area contributed by atoms with Crippen LogP contribution in [0, 0.1) is 5.82 Å². The number of hydrogen-bond donors (Lipinski definition) is 1. The number of carbonyl (C=O) groups is 1. The molecule has 0 aliphatic rings. The number of benzene rings is 1. The van der Waals surface area contributed by atoms with Crippen LogP contribution in [0.2, 0.25) is 0 Å². The standard InChI is InChI=1S/C13H19FN2O2/c1-15-9-10-5-4-6-11(14)13(10)18-8-7-12(17)16(2)3/h4-6,15H,7-9H2,1-3H3. The average molecular weight is 254 g/mol. The Labute approximate surface area is 107 Å². The van der Waals surface area contributed by atoms with Gasteiger partial charge in [-0.3, -0.25) is 4.79 Å². The monoisotopic (exact) mass is 254 g/mol. The van der Waals surface area contributed by atoms with Crippen molar-refractivity contribution in [1.82, 2.24) is 10.2 Å². The Morgan fingerprint density at radius 3 is 2.78 bits per heavy atom. The van der Waals surface area contributed by atoms with Gasteiger partial charge in [0.2, 0.25) is 5.91 Å². The second kappa shape index (κ2) is 6.96. The van der Waals surface area contributed by atoms with E-state index in [1.165, 1.54) is 11.0 Å². The third-order valence-electron chi connectivity index (χ3n) is 2.48. The van der Waals surface area contributed by atoms with Gasteiger partial charge < -0.3 is 15.0 Å². The fourth-order valence-corrected chi connectivity index (χ4v) is 1.51. The van der Waals surface area contributed by atoms with Crippen molar-refractivity contribution in [3.63, 3.8) is 0 Å². The van der Waals surface area contributed by atoms with Gasteiger partial charge in [0.1, 0.15) is 0 Å². The molecule has 0 saturated carbocycles. The number of nitrogens with zero attached hydrogens (tertiary/aromatic N) is 1. The summed E-state index contributed by atoms with van der Waals surface area (Å²) in [5.74, 6) is -0.222. The van der Waals surface area contributed by atoms with Crippen LogP contribution in [0.4, 0.5) is 4.39 Å². The number of amides is 1. The Morgan fingerprint density at radius 1 is 1.44 bits per heavy atom. The molecule has 0 bridgehead atoms. The first kappa shape index (κ1) is 14.4. The molecule has 0 radical (unpaired) electrons. The minimum atomic E-state index is -0.403. The van der Waals surface area contributed by atoms with E-state index in [1.807, 2.05) is 0 Å². The van der Waals surface area contributed by atoms with E-state index in [0.717, 1.165) is 5.56 Å². The Kier molecular flexibility index (Phi) is 5.58. The van der Waals surface area contributed by atoms with E-state index in [2.05, 4.69) is 5.32 Å². The summed E-state index contributed by atoms with van der Waals surface area (Å²) in [5, 5.41) is 2.95. The molecule has 4 nitrogen and oxygen atoms in total. The molecule has 0 atom stereocenters. The lowest BCUT2D eigenvalue weighted by Crippen LogP contribution is -2.23. The molecule has 1 rings (SSSR count). The summed E-state index contributed by atoms with van der Waals surface area (Å²) < 4.78 is 19.0. The maximum atomic E-state index is 13.6. The Hall–Kier alpha value is -1.62. The summed E-state index contributed by atoms with van der Waals surface area (Å²) in [6.45, 7) is 0.698. The Bertz CT molecular complexity index is 408. The van der Waals surface area contributed by atoms with Crippen molar-refractivity contribution in [2.75, 3.05) is 27.7 Å². The van der Waals surface area contributed by atoms with Crippen LogP contribution in [0.15, 0.2) is 18.2 Å². The zero-order valence-corrected chi connectivity index (χ0v) is 11.0. The summed E-state index contributed by atoms with van der Waals surface area (Å²) in [7, 11) is 5.14. The van der Waals surface area contributed by atoms with Crippen LogP contribution >= 0.6 is 0 Å². The second-order valence-corrected chi connectivity index (χ2v) is 4.15. The predicted octanol–water partition coefficient (Wildman–Crippen LogP) is 1.40. The first-order valence-electron chi connectivity index (χ1n) is 5.81. The molecule has 1 aromatic rings. The number of ether oxygens (including phenoxy) is 1. The number of halogens is 1. The van der Waals surface area contributed by atoms with Crippen LogP contribution in [0.3, 0.4) is 0 Å². The molecule has 0 aliphatic heterocycles. The summed E-state index contributed by atoms with van der Waals surface area (Å²) in [6, 6.07) is 4.78. The van der Waals surface area contributed by atoms with Crippen molar-refractivity contribution in [2.45, 2.75) is 13.0 Å². The molecule has 100 valence electrons. The minimum Gasteiger partial charge on any atom is -0.490 e. The van der Waals surface area contributed by atoms with Gasteiger partial charge in [-0.1, -0.05) is 12.1 Å². The number of nitrogens with one attached hydrogen (secondary N) is 1. The second-order valence-electron chi connectivity index (χ2n) is 4.15. The van der Waals surface area contributed by atoms with Crippen molar-refractivity contribution >= 4 is 5.91 Å². The summed E-state index contributed by atoms with van der Waals surface area (Å²) in [4.78, 5) is 12.9. The lowest BCUT2D eigenvalue weighted by molar-refractivity contribution is -0.129. The minimum absolute atomic E-state index is 0.0403. The van der Waals surface area contributed by atoms with Crippen molar-refractivity contribution in [3.05, 3.63) is 29.6 Å². The van der Waals surface area contributed by atoms with Gasteiger partial charge in [-0.2, -0.15) is 0 Å². The summed E-state index contributed by atoms with van der Waals surface area (Å²) in [6.07, 6.45) is 0.236. The first-order chi connectivity index (χ1) is 8.56. The molecule has 1 amide bonds. The zero-order valence-electron chi connectivity index (χ0n) is 11.0. The number of hydrogen-bond acceptors (Lipinski definition) is 3. The van der Waals surface area contributed by atoms with Gasteiger partial charge in [0, 0.05) is 26.2 Å². The largest absolute Gasteiger partial charge is 0.490 e. The zero-order chi connectivity index (χ0) is 13.5. The average Bonchev–Trinajstić information content (AvgIpc) is 2.32. The van der Waals surface area contributed by atoms with Crippen molar-refractivity contribution in [2.24, 2.45) is 0 Å². The molecule has 5 heteroatoms. The third kappa shape index (κ3) is 4.00. The highest BCUT2D eigenvalue weighted by atomic mass is 19.1. The fraction of sp³-hybridized carbons (Fsp3) is 0.462. The van der Waals surface area contributed by atoms with E-state index in [0.29, 0.717) is 6.54 Å². The molecule has 0 aromatic heterocycles. The van der Waals surface area contributed by atoms with Gasteiger partial charge in [0.25, 0.3) is 0 Å². The molecule has 1 aromatic carbocycles. The van der Waals surface area contributed by atoms with Crippen molar-refractivity contribution < 1.29 is 13.9 Å². The van der Waals surface area contributed by atoms with Gasteiger partial charge in [-0.25, -0.2) is 4.39 Å². The maximum Gasteiger partial charge on any atom is 0.225 e. The molecule has 18 heavy (non-hydrogen) atoms. The third-order valence-corrected chi connectivity index (χ3v) is 2.48. The van der Waals surface area contributed by atoms with Gasteiger partial charge in [0.05, 0.1) is 13.0 Å². The maximum absolute atomic E-state index is 13.6. The molecule has 0 aliphatic carbocycles. The highest BCUT2D eigenvalue weighted by Gasteiger charge is 2.10. The van der Waals surface area contributed by atoms with E-state index >= 15 is 0 Å². The Morgan fingerprint density at radius 2 is 2.17 bits per heavy atom. The smallest absolute Gasteiger partial charge is 0.225 e. The number of para-hydroxylation sites is 1. The normalized spacial score (nSPS) is 10.2. The predicted molar refractivity (Wildman–Crippen MR) is 68.0 cm³/mol. The number of rotatable bonds is 6. The van der Waals surface area contributed by atoms with Crippen LogP contribution in [-0.2, 0) is 11.3 Å². The molecule has 0 heterocycles. The quantitative estimate of drug-likeness (QED) is 0.834. The highest BCUT2D eigenvalue weighted by Crippen LogP contribution is 2.22. The summed E-state index contributed by atoms with van der Waals surface area (Å²) in [5.41, 5.74) is 0.745. The van der Waals surface area contributed by atoms with Gasteiger partial charge in [0.15, 0.2) is 11.6 Å². The van der Waals surface area contributed by atoms with Gasteiger partial charge >= 0.3 is 0 Å².